The van der Waals surface area contributed by atoms with Crippen LogP contribution in [0.5, 0.6) is 11.5 Å². The van der Waals surface area contributed by atoms with Crippen LogP contribution in [0.2, 0.25) is 0 Å². The molecule has 6 nitrogen and oxygen atoms in total. The first-order valence-electron chi connectivity index (χ1n) is 12.0. The SMILES string of the molecule is COc1ccc2c(c1)C1=NN(C(=O)COCc3ccccc3)[C@@H](c3ccc(OC(F)(F)F)c(F)c3)[C@H]1CC2. The number of alkyl halides is 3. The van der Waals surface area contributed by atoms with Gasteiger partial charge in [0.2, 0.25) is 0 Å². The molecule has 0 aromatic heterocycles. The van der Waals surface area contributed by atoms with Crippen LogP contribution in [-0.4, -0.2) is 36.7 Å². The Bertz CT molecular complexity index is 1360. The van der Waals surface area contributed by atoms with E-state index in [1.54, 1.807) is 7.11 Å². The third-order valence-corrected chi connectivity index (χ3v) is 6.64. The highest BCUT2D eigenvalue weighted by Gasteiger charge is 2.44. The van der Waals surface area contributed by atoms with Gasteiger partial charge in [0.15, 0.2) is 11.6 Å². The second kappa shape index (κ2) is 10.4. The van der Waals surface area contributed by atoms with Gasteiger partial charge < -0.3 is 14.2 Å². The van der Waals surface area contributed by atoms with Gasteiger partial charge >= 0.3 is 6.36 Å². The first kappa shape index (κ1) is 25.7. The van der Waals surface area contributed by atoms with Crippen molar-refractivity contribution < 1.29 is 36.6 Å². The number of amides is 1. The van der Waals surface area contributed by atoms with E-state index in [-0.39, 0.29) is 19.1 Å². The molecule has 0 N–H and O–H groups in total. The average Bonchev–Trinajstić information content (AvgIpc) is 3.30. The predicted octanol–water partition coefficient (Wildman–Crippen LogP) is 5.80. The fourth-order valence-electron chi connectivity index (χ4n) is 4.96. The van der Waals surface area contributed by atoms with Crippen LogP contribution in [0.3, 0.4) is 0 Å². The van der Waals surface area contributed by atoms with E-state index in [9.17, 15) is 22.4 Å². The van der Waals surface area contributed by atoms with Crippen molar-refractivity contribution in [1.82, 2.24) is 5.01 Å². The molecule has 0 bridgehead atoms. The summed E-state index contributed by atoms with van der Waals surface area (Å²) >= 11 is 0. The molecule has 3 aromatic carbocycles. The van der Waals surface area contributed by atoms with Crippen LogP contribution in [-0.2, 0) is 22.6 Å². The molecular formula is C28H24F4N2O4. The number of aryl methyl sites for hydroxylation is 1. The maximum atomic E-state index is 14.7. The molecule has 198 valence electrons. The second-order valence-electron chi connectivity index (χ2n) is 9.05. The number of ether oxygens (including phenoxy) is 3. The molecule has 2 atom stereocenters. The highest BCUT2D eigenvalue weighted by atomic mass is 19.4. The lowest BCUT2D eigenvalue weighted by Gasteiger charge is -2.30. The first-order valence-corrected chi connectivity index (χ1v) is 12.0. The van der Waals surface area contributed by atoms with E-state index in [1.165, 1.54) is 11.1 Å². The summed E-state index contributed by atoms with van der Waals surface area (Å²) in [5.74, 6) is -2.25. The number of fused-ring (bicyclic) bond motifs is 3. The summed E-state index contributed by atoms with van der Waals surface area (Å²) in [6.45, 7) is -0.0686. The maximum absolute atomic E-state index is 14.7. The molecule has 0 spiro atoms. The number of nitrogens with zero attached hydrogens (tertiary/aromatic N) is 2. The topological polar surface area (TPSA) is 60.4 Å². The quantitative estimate of drug-likeness (QED) is 0.364. The number of halogens is 4. The number of hydrogen-bond acceptors (Lipinski definition) is 5. The number of benzene rings is 3. The Kier molecular flexibility index (Phi) is 7.07. The van der Waals surface area contributed by atoms with E-state index in [2.05, 4.69) is 9.84 Å². The summed E-state index contributed by atoms with van der Waals surface area (Å²) in [5, 5.41) is 5.92. The van der Waals surface area contributed by atoms with Gasteiger partial charge in [-0.15, -0.1) is 13.2 Å². The maximum Gasteiger partial charge on any atom is 0.573 e. The lowest BCUT2D eigenvalue weighted by Crippen LogP contribution is -2.34. The van der Waals surface area contributed by atoms with Gasteiger partial charge in [0.1, 0.15) is 12.4 Å². The number of rotatable bonds is 7. The molecule has 2 aliphatic rings. The van der Waals surface area contributed by atoms with Gasteiger partial charge in [-0.25, -0.2) is 9.40 Å². The normalized spacial score (nSPS) is 18.4. The smallest absolute Gasteiger partial charge is 0.497 e. The van der Waals surface area contributed by atoms with E-state index in [1.807, 2.05) is 48.5 Å². The Labute approximate surface area is 216 Å². The van der Waals surface area contributed by atoms with Crippen LogP contribution < -0.4 is 9.47 Å². The van der Waals surface area contributed by atoms with Gasteiger partial charge in [-0.05, 0) is 53.8 Å². The first-order chi connectivity index (χ1) is 18.2. The van der Waals surface area contributed by atoms with E-state index >= 15 is 0 Å². The molecule has 1 heterocycles. The molecule has 10 heteroatoms. The van der Waals surface area contributed by atoms with Crippen molar-refractivity contribution in [2.45, 2.75) is 31.9 Å². The number of methoxy groups -OCH3 is 1. The van der Waals surface area contributed by atoms with Crippen molar-refractivity contribution >= 4 is 11.6 Å². The summed E-state index contributed by atoms with van der Waals surface area (Å²) in [6.07, 6.45) is -3.74. The lowest BCUT2D eigenvalue weighted by atomic mass is 9.77. The van der Waals surface area contributed by atoms with Gasteiger partial charge in [0, 0.05) is 11.5 Å². The minimum atomic E-state index is -5.03. The Morgan fingerprint density at radius 3 is 2.58 bits per heavy atom. The molecule has 3 aromatic rings. The number of hydrazone groups is 1. The summed E-state index contributed by atoms with van der Waals surface area (Å²) in [6, 6.07) is 17.5. The van der Waals surface area contributed by atoms with E-state index in [0.717, 1.165) is 28.8 Å². The summed E-state index contributed by atoms with van der Waals surface area (Å²) in [4.78, 5) is 13.3. The van der Waals surface area contributed by atoms with E-state index in [0.29, 0.717) is 29.9 Å². The third kappa shape index (κ3) is 5.35. The van der Waals surface area contributed by atoms with Crippen molar-refractivity contribution in [1.29, 1.82) is 0 Å². The lowest BCUT2D eigenvalue weighted by molar-refractivity contribution is -0.275. The van der Waals surface area contributed by atoms with Crippen molar-refractivity contribution in [3.8, 4) is 11.5 Å². The number of hydrogen-bond donors (Lipinski definition) is 0. The standard InChI is InChI=1S/C28H24F4N2O4/c1-36-20-10-7-18-8-11-21-26(22(18)14-20)33-34(25(35)16-37-15-17-5-3-2-4-6-17)27(21)19-9-12-24(23(29)13-19)38-28(30,31)32/h2-7,9-10,12-14,21,27H,8,11,15-16H2,1H3/t21-,27-/m0/s1. The fraction of sp³-hybridized carbons (Fsp3) is 0.286. The molecule has 1 aliphatic carbocycles. The van der Waals surface area contributed by atoms with Crippen LogP contribution in [0.4, 0.5) is 17.6 Å². The second-order valence-corrected chi connectivity index (χ2v) is 9.05. The molecule has 0 unspecified atom stereocenters. The summed E-state index contributed by atoms with van der Waals surface area (Å²) < 4.78 is 67.5. The molecule has 0 saturated heterocycles. The Hall–Kier alpha value is -3.92. The highest BCUT2D eigenvalue weighted by molar-refractivity contribution is 6.07. The summed E-state index contributed by atoms with van der Waals surface area (Å²) in [5.41, 5.74) is 3.70. The Morgan fingerprint density at radius 2 is 1.87 bits per heavy atom. The van der Waals surface area contributed by atoms with E-state index < -0.39 is 29.9 Å². The average molecular weight is 529 g/mol. The Morgan fingerprint density at radius 1 is 1.08 bits per heavy atom. The van der Waals surface area contributed by atoms with Crippen LogP contribution in [0.1, 0.15) is 34.7 Å². The zero-order valence-corrected chi connectivity index (χ0v) is 20.4. The zero-order chi connectivity index (χ0) is 26.9. The fourth-order valence-corrected chi connectivity index (χ4v) is 4.96. The van der Waals surface area contributed by atoms with Crippen molar-refractivity contribution in [2.24, 2.45) is 11.0 Å². The zero-order valence-electron chi connectivity index (χ0n) is 20.4. The molecule has 0 fully saturated rings. The van der Waals surface area contributed by atoms with Gasteiger partial charge in [0.05, 0.1) is 25.5 Å². The van der Waals surface area contributed by atoms with Crippen LogP contribution in [0.25, 0.3) is 0 Å². The molecular weight excluding hydrogens is 504 g/mol. The largest absolute Gasteiger partial charge is 0.573 e. The van der Waals surface area contributed by atoms with Crippen LogP contribution in [0.15, 0.2) is 71.8 Å². The van der Waals surface area contributed by atoms with Crippen LogP contribution in [0, 0.1) is 11.7 Å². The summed E-state index contributed by atoms with van der Waals surface area (Å²) in [7, 11) is 1.55. The van der Waals surface area contributed by atoms with Gasteiger partial charge in [-0.1, -0.05) is 42.5 Å². The van der Waals surface area contributed by atoms with E-state index in [4.69, 9.17) is 9.47 Å². The van der Waals surface area contributed by atoms with Gasteiger partial charge in [0.25, 0.3) is 5.91 Å². The van der Waals surface area contributed by atoms with Crippen molar-refractivity contribution in [2.75, 3.05) is 13.7 Å². The molecule has 0 saturated carbocycles. The Balaban J connectivity index is 1.46. The third-order valence-electron chi connectivity index (χ3n) is 6.64. The molecule has 0 radical (unpaired) electrons. The van der Waals surface area contributed by atoms with Gasteiger partial charge in [-0.3, -0.25) is 4.79 Å². The number of carbonyl (C=O) groups is 1. The van der Waals surface area contributed by atoms with Gasteiger partial charge in [-0.2, -0.15) is 5.10 Å². The minimum Gasteiger partial charge on any atom is -0.497 e. The monoisotopic (exact) mass is 528 g/mol. The predicted molar refractivity (Wildman–Crippen MR) is 130 cm³/mol. The van der Waals surface area contributed by atoms with Crippen LogP contribution >= 0.6 is 0 Å². The van der Waals surface area contributed by atoms with Crippen molar-refractivity contribution in [3.05, 3.63) is 94.8 Å². The molecule has 1 amide bonds. The molecule has 1 aliphatic heterocycles. The highest BCUT2D eigenvalue weighted by Crippen LogP contribution is 2.45. The number of carbonyl (C=O) groups excluding carboxylic acids is 1. The minimum absolute atomic E-state index is 0.212. The molecule has 5 rings (SSSR count). The van der Waals surface area contributed by atoms with Crippen molar-refractivity contribution in [3.63, 3.8) is 0 Å². The molecule has 38 heavy (non-hydrogen) atoms.